The number of carbonyl (C=O) groups is 2. The van der Waals surface area contributed by atoms with Gasteiger partial charge in [0, 0.05) is 17.2 Å². The Balaban J connectivity index is 1.16. The van der Waals surface area contributed by atoms with Crippen molar-refractivity contribution in [3.05, 3.63) is 65.7 Å². The molecule has 6 heteroatoms. The number of rotatable bonds is 6. The van der Waals surface area contributed by atoms with Gasteiger partial charge in [-0.25, -0.2) is 0 Å². The third kappa shape index (κ3) is 4.97. The fraction of sp³-hybridized carbons (Fsp3) is 0.481. The summed E-state index contributed by atoms with van der Waals surface area (Å²) in [5.41, 5.74) is 3.00. The Morgan fingerprint density at radius 2 is 1.61 bits per heavy atom. The lowest BCUT2D eigenvalue weighted by Crippen LogP contribution is -2.48. The van der Waals surface area contributed by atoms with Gasteiger partial charge in [-0.05, 0) is 61.1 Å². The van der Waals surface area contributed by atoms with Gasteiger partial charge in [-0.15, -0.1) is 23.5 Å². The Hall–Kier alpha value is -1.92. The quantitative estimate of drug-likeness (QED) is 0.532. The summed E-state index contributed by atoms with van der Waals surface area (Å²) in [7, 11) is 0. The van der Waals surface area contributed by atoms with E-state index in [2.05, 4.69) is 41.0 Å². The van der Waals surface area contributed by atoms with E-state index < -0.39 is 0 Å². The summed E-state index contributed by atoms with van der Waals surface area (Å²) < 4.78 is 5.87. The van der Waals surface area contributed by atoms with Crippen LogP contribution in [0.3, 0.4) is 0 Å². The molecule has 5 rings (SSSR count). The number of esters is 1. The number of thioether (sulfide) groups is 2. The first-order valence-corrected chi connectivity index (χ1v) is 14.0. The number of ether oxygens (including phenoxy) is 1. The number of hydrogen-bond acceptors (Lipinski definition) is 5. The van der Waals surface area contributed by atoms with Crippen molar-refractivity contribution in [1.82, 2.24) is 0 Å². The van der Waals surface area contributed by atoms with Crippen LogP contribution < -0.4 is 5.32 Å². The standard InChI is InChI=1S/C27H31NO3S2/c29-25(28-24-12-5-4-9-20(24)15-19-7-2-1-3-8-19)18-31-26(30)21-16-22-10-6-11-23(17-21)27(22)32-13-14-33-27/h1-5,7-9,12,21-23H,6,10-11,13-18H2,(H,28,29). The molecule has 2 saturated carbocycles. The van der Waals surface area contributed by atoms with Crippen molar-refractivity contribution in [3.8, 4) is 0 Å². The van der Waals surface area contributed by atoms with Crippen molar-refractivity contribution in [2.75, 3.05) is 23.4 Å². The smallest absolute Gasteiger partial charge is 0.309 e. The normalized spacial score (nSPS) is 25.5. The predicted molar refractivity (Wildman–Crippen MR) is 136 cm³/mol. The van der Waals surface area contributed by atoms with Crippen LogP contribution >= 0.6 is 23.5 Å². The van der Waals surface area contributed by atoms with E-state index in [0.717, 1.165) is 30.5 Å². The molecule has 0 aromatic heterocycles. The van der Waals surface area contributed by atoms with Crippen LogP contribution in [0.25, 0.3) is 0 Å². The van der Waals surface area contributed by atoms with Gasteiger partial charge in [-0.2, -0.15) is 0 Å². The molecule has 2 bridgehead atoms. The van der Waals surface area contributed by atoms with Crippen molar-refractivity contribution in [2.45, 2.75) is 42.6 Å². The first kappa shape index (κ1) is 22.9. The minimum Gasteiger partial charge on any atom is -0.455 e. The molecule has 33 heavy (non-hydrogen) atoms. The molecule has 3 fully saturated rings. The van der Waals surface area contributed by atoms with Crippen LogP contribution in [-0.2, 0) is 20.7 Å². The van der Waals surface area contributed by atoms with Gasteiger partial charge in [0.15, 0.2) is 6.61 Å². The van der Waals surface area contributed by atoms with E-state index >= 15 is 0 Å². The topological polar surface area (TPSA) is 55.4 Å². The molecule has 2 aliphatic carbocycles. The molecule has 1 heterocycles. The lowest BCUT2D eigenvalue weighted by atomic mass is 9.67. The Bertz CT molecular complexity index is 974. The van der Waals surface area contributed by atoms with Gasteiger partial charge in [0.1, 0.15) is 0 Å². The molecule has 0 radical (unpaired) electrons. The molecule has 2 aromatic carbocycles. The molecular formula is C27H31NO3S2. The second-order valence-corrected chi connectivity index (χ2v) is 12.4. The van der Waals surface area contributed by atoms with Gasteiger partial charge in [0.25, 0.3) is 5.91 Å². The van der Waals surface area contributed by atoms with Gasteiger partial charge in [-0.3, -0.25) is 9.59 Å². The second kappa shape index (κ2) is 10.1. The molecule has 2 aromatic rings. The highest BCUT2D eigenvalue weighted by atomic mass is 32.2. The summed E-state index contributed by atoms with van der Waals surface area (Å²) in [6.45, 7) is -0.223. The van der Waals surface area contributed by atoms with E-state index in [1.807, 2.05) is 42.5 Å². The van der Waals surface area contributed by atoms with Crippen molar-refractivity contribution in [2.24, 2.45) is 17.8 Å². The van der Waals surface area contributed by atoms with Crippen LogP contribution in [-0.4, -0.2) is 34.1 Å². The summed E-state index contributed by atoms with van der Waals surface area (Å²) in [5.74, 6) is 3.13. The molecular weight excluding hydrogens is 450 g/mol. The summed E-state index contributed by atoms with van der Waals surface area (Å²) >= 11 is 4.28. The number of amides is 1. The number of carbonyl (C=O) groups excluding carboxylic acids is 2. The van der Waals surface area contributed by atoms with Gasteiger partial charge >= 0.3 is 5.97 Å². The maximum atomic E-state index is 12.9. The largest absolute Gasteiger partial charge is 0.455 e. The van der Waals surface area contributed by atoms with Crippen LogP contribution in [0.2, 0.25) is 0 Å². The molecule has 2 unspecified atom stereocenters. The van der Waals surface area contributed by atoms with Crippen molar-refractivity contribution in [1.29, 1.82) is 0 Å². The number of para-hydroxylation sites is 1. The maximum absolute atomic E-state index is 12.9. The summed E-state index contributed by atoms with van der Waals surface area (Å²) in [4.78, 5) is 25.5. The first-order valence-electron chi connectivity index (χ1n) is 12.0. The number of nitrogens with one attached hydrogen (secondary N) is 1. The van der Waals surface area contributed by atoms with E-state index in [-0.39, 0.29) is 24.4 Å². The molecule has 1 aliphatic heterocycles. The summed E-state index contributed by atoms with van der Waals surface area (Å²) in [6.07, 6.45) is 6.29. The summed E-state index contributed by atoms with van der Waals surface area (Å²) in [6, 6.07) is 18.0. The minimum atomic E-state index is -0.279. The van der Waals surface area contributed by atoms with Gasteiger partial charge in [0.05, 0.1) is 10.00 Å². The summed E-state index contributed by atoms with van der Waals surface area (Å²) in [5, 5.41) is 2.95. The first-order chi connectivity index (χ1) is 16.1. The van der Waals surface area contributed by atoms with Crippen LogP contribution in [0.5, 0.6) is 0 Å². The highest BCUT2D eigenvalue weighted by Crippen LogP contribution is 2.64. The lowest BCUT2D eigenvalue weighted by Gasteiger charge is -2.51. The average Bonchev–Trinajstić information content (AvgIpc) is 3.29. The van der Waals surface area contributed by atoms with Gasteiger partial charge < -0.3 is 10.1 Å². The van der Waals surface area contributed by atoms with E-state index in [0.29, 0.717) is 15.9 Å². The molecule has 1 spiro atoms. The second-order valence-electron chi connectivity index (χ2n) is 9.39. The van der Waals surface area contributed by atoms with Crippen LogP contribution in [0.15, 0.2) is 54.6 Å². The lowest BCUT2D eigenvalue weighted by molar-refractivity contribution is -0.154. The molecule has 1 N–H and O–H groups in total. The minimum absolute atomic E-state index is 0.0640. The molecule has 174 valence electrons. The van der Waals surface area contributed by atoms with Crippen LogP contribution in [0.4, 0.5) is 5.69 Å². The van der Waals surface area contributed by atoms with E-state index in [9.17, 15) is 9.59 Å². The molecule has 2 atom stereocenters. The highest BCUT2D eigenvalue weighted by molar-refractivity contribution is 8.21. The Morgan fingerprint density at radius 1 is 0.939 bits per heavy atom. The van der Waals surface area contributed by atoms with Gasteiger partial charge in [-0.1, -0.05) is 55.0 Å². The monoisotopic (exact) mass is 481 g/mol. The maximum Gasteiger partial charge on any atom is 0.309 e. The van der Waals surface area contributed by atoms with E-state index in [1.165, 1.54) is 36.3 Å². The van der Waals surface area contributed by atoms with Crippen molar-refractivity contribution < 1.29 is 14.3 Å². The highest BCUT2D eigenvalue weighted by Gasteiger charge is 2.55. The van der Waals surface area contributed by atoms with Crippen LogP contribution in [0, 0.1) is 17.8 Å². The molecule has 4 nitrogen and oxygen atoms in total. The van der Waals surface area contributed by atoms with Crippen LogP contribution in [0.1, 0.15) is 43.2 Å². The number of hydrogen-bond donors (Lipinski definition) is 1. The number of anilines is 1. The van der Waals surface area contributed by atoms with Gasteiger partial charge in [0.2, 0.25) is 0 Å². The Morgan fingerprint density at radius 3 is 2.33 bits per heavy atom. The van der Waals surface area contributed by atoms with E-state index in [1.54, 1.807) is 0 Å². The fourth-order valence-electron chi connectivity index (χ4n) is 5.85. The third-order valence-electron chi connectivity index (χ3n) is 7.33. The molecule has 1 amide bonds. The Labute approximate surface area is 204 Å². The fourth-order valence-corrected chi connectivity index (χ4v) is 9.79. The zero-order valence-corrected chi connectivity index (χ0v) is 20.5. The Kier molecular flexibility index (Phi) is 7.02. The van der Waals surface area contributed by atoms with E-state index in [4.69, 9.17) is 4.74 Å². The molecule has 3 aliphatic rings. The zero-order chi connectivity index (χ0) is 22.7. The van der Waals surface area contributed by atoms with Crippen molar-refractivity contribution >= 4 is 41.1 Å². The zero-order valence-electron chi connectivity index (χ0n) is 18.8. The average molecular weight is 482 g/mol. The number of benzene rings is 2. The third-order valence-corrected chi connectivity index (χ3v) is 11.3. The van der Waals surface area contributed by atoms with Crippen molar-refractivity contribution in [3.63, 3.8) is 0 Å². The molecule has 1 saturated heterocycles. The SMILES string of the molecule is O=C(COC(=O)C1CC2CCCC(C1)C21SCCS1)Nc1ccccc1Cc1ccccc1. The predicted octanol–water partition coefficient (Wildman–Crippen LogP) is 5.76.